The first-order chi connectivity index (χ1) is 9.93. The lowest BCUT2D eigenvalue weighted by atomic mass is 9.85. The van der Waals surface area contributed by atoms with E-state index in [1.807, 2.05) is 26.2 Å². The van der Waals surface area contributed by atoms with Gasteiger partial charge >= 0.3 is 0 Å². The Bertz CT molecular complexity index is 457. The van der Waals surface area contributed by atoms with Gasteiger partial charge in [0.05, 0.1) is 17.6 Å². The van der Waals surface area contributed by atoms with Gasteiger partial charge in [-0.1, -0.05) is 23.7 Å². The third-order valence-electron chi connectivity index (χ3n) is 4.00. The summed E-state index contributed by atoms with van der Waals surface area (Å²) in [6.45, 7) is 0. The number of piperidine rings is 1. The number of hydrogen-bond donors (Lipinski definition) is 2. The molecule has 0 amide bonds. The molecule has 0 aliphatic carbocycles. The average Bonchev–Trinajstić information content (AvgIpc) is 2.46. The van der Waals surface area contributed by atoms with Gasteiger partial charge in [0.2, 0.25) is 0 Å². The number of aliphatic hydroxyl groups excluding tert-OH is 1. The molecule has 5 unspecified atom stereocenters. The zero-order valence-electron chi connectivity index (χ0n) is 12.5. The molecule has 6 heteroatoms. The van der Waals surface area contributed by atoms with Crippen molar-refractivity contribution in [3.8, 4) is 0 Å². The maximum Gasteiger partial charge on any atom is 0.0860 e. The summed E-state index contributed by atoms with van der Waals surface area (Å²) in [5, 5.41) is 15.2. The van der Waals surface area contributed by atoms with Crippen LogP contribution in [-0.2, 0) is 0 Å². The SMILES string of the molecule is CSC1CC(Cl)C(C(O)c2ccc(Cl)cc2)C(N(C)C)N1. The van der Waals surface area contributed by atoms with E-state index in [1.54, 1.807) is 23.9 Å². The second-order valence-corrected chi connectivity index (χ2v) is 7.66. The van der Waals surface area contributed by atoms with Gasteiger partial charge in [0.25, 0.3) is 0 Å². The summed E-state index contributed by atoms with van der Waals surface area (Å²) in [6.07, 6.45) is 2.32. The number of hydrogen-bond acceptors (Lipinski definition) is 4. The van der Waals surface area contributed by atoms with Gasteiger partial charge in [-0.25, -0.2) is 0 Å². The smallest absolute Gasteiger partial charge is 0.0860 e. The minimum absolute atomic E-state index is 0.0318. The molecule has 1 aromatic carbocycles. The third-order valence-corrected chi connectivity index (χ3v) is 5.61. The van der Waals surface area contributed by atoms with E-state index in [-0.39, 0.29) is 17.5 Å². The number of aliphatic hydroxyl groups is 1. The average molecular weight is 349 g/mol. The zero-order chi connectivity index (χ0) is 15.6. The Labute approximate surface area is 141 Å². The molecule has 1 aliphatic heterocycles. The van der Waals surface area contributed by atoms with Crippen molar-refractivity contribution in [2.75, 3.05) is 20.4 Å². The largest absolute Gasteiger partial charge is 0.388 e. The number of halogens is 2. The van der Waals surface area contributed by atoms with Crippen LogP contribution in [0.4, 0.5) is 0 Å². The molecule has 1 aliphatic rings. The highest BCUT2D eigenvalue weighted by Crippen LogP contribution is 2.38. The van der Waals surface area contributed by atoms with Crippen LogP contribution in [0.5, 0.6) is 0 Å². The summed E-state index contributed by atoms with van der Waals surface area (Å²) < 4.78 is 0. The molecular formula is C15H22Cl2N2OS. The molecule has 3 nitrogen and oxygen atoms in total. The fourth-order valence-electron chi connectivity index (χ4n) is 2.84. The Hall–Kier alpha value is 0.0300. The van der Waals surface area contributed by atoms with Crippen molar-refractivity contribution in [3.63, 3.8) is 0 Å². The Balaban J connectivity index is 2.23. The highest BCUT2D eigenvalue weighted by molar-refractivity contribution is 7.99. The fourth-order valence-corrected chi connectivity index (χ4v) is 4.20. The first kappa shape index (κ1) is 17.4. The number of nitrogens with one attached hydrogen (secondary N) is 1. The molecule has 5 atom stereocenters. The molecule has 21 heavy (non-hydrogen) atoms. The second-order valence-electron chi connectivity index (χ2n) is 5.62. The summed E-state index contributed by atoms with van der Waals surface area (Å²) >= 11 is 14.3. The van der Waals surface area contributed by atoms with Crippen LogP contribution in [0.3, 0.4) is 0 Å². The van der Waals surface area contributed by atoms with E-state index in [0.29, 0.717) is 10.4 Å². The maximum absolute atomic E-state index is 10.8. The lowest BCUT2D eigenvalue weighted by molar-refractivity contribution is 0.0187. The van der Waals surface area contributed by atoms with Crippen LogP contribution in [0.1, 0.15) is 18.1 Å². The number of alkyl halides is 1. The fraction of sp³-hybridized carbons (Fsp3) is 0.600. The normalized spacial score (nSPS) is 31.4. The summed E-state index contributed by atoms with van der Waals surface area (Å²) in [6, 6.07) is 7.33. The number of thioether (sulfide) groups is 1. The summed E-state index contributed by atoms with van der Waals surface area (Å²) in [5.74, 6) is -0.0776. The van der Waals surface area contributed by atoms with Crippen LogP contribution >= 0.6 is 35.0 Å². The van der Waals surface area contributed by atoms with E-state index >= 15 is 0 Å². The Morgan fingerprint density at radius 3 is 2.48 bits per heavy atom. The van der Waals surface area contributed by atoms with Crippen molar-refractivity contribution in [1.29, 1.82) is 0 Å². The van der Waals surface area contributed by atoms with E-state index in [9.17, 15) is 5.11 Å². The van der Waals surface area contributed by atoms with E-state index in [0.717, 1.165) is 12.0 Å². The Morgan fingerprint density at radius 1 is 1.33 bits per heavy atom. The first-order valence-electron chi connectivity index (χ1n) is 6.97. The Kier molecular flexibility index (Phi) is 6.24. The van der Waals surface area contributed by atoms with E-state index in [4.69, 9.17) is 23.2 Å². The van der Waals surface area contributed by atoms with Crippen LogP contribution in [0.25, 0.3) is 0 Å². The van der Waals surface area contributed by atoms with Crippen molar-refractivity contribution in [2.45, 2.75) is 29.4 Å². The molecule has 1 aromatic rings. The molecule has 0 radical (unpaired) electrons. The van der Waals surface area contributed by atoms with Gasteiger partial charge < -0.3 is 5.11 Å². The zero-order valence-corrected chi connectivity index (χ0v) is 14.8. The van der Waals surface area contributed by atoms with E-state index < -0.39 is 6.10 Å². The summed E-state index contributed by atoms with van der Waals surface area (Å²) in [7, 11) is 4.01. The van der Waals surface area contributed by atoms with Gasteiger partial charge in [-0.3, -0.25) is 10.2 Å². The molecule has 0 spiro atoms. The van der Waals surface area contributed by atoms with Crippen LogP contribution in [0.2, 0.25) is 5.02 Å². The van der Waals surface area contributed by atoms with Gasteiger partial charge in [-0.15, -0.1) is 23.4 Å². The topological polar surface area (TPSA) is 35.5 Å². The first-order valence-corrected chi connectivity index (χ1v) is 9.07. The summed E-state index contributed by atoms with van der Waals surface area (Å²) in [5.41, 5.74) is 0.853. The van der Waals surface area contributed by atoms with Crippen molar-refractivity contribution in [1.82, 2.24) is 10.2 Å². The predicted octanol–water partition coefficient (Wildman–Crippen LogP) is 3.17. The second kappa shape index (κ2) is 7.53. The lowest BCUT2D eigenvalue weighted by Gasteiger charge is -2.45. The van der Waals surface area contributed by atoms with Crippen LogP contribution < -0.4 is 5.32 Å². The quantitative estimate of drug-likeness (QED) is 0.819. The van der Waals surface area contributed by atoms with Crippen molar-refractivity contribution in [2.24, 2.45) is 5.92 Å². The van der Waals surface area contributed by atoms with Crippen molar-refractivity contribution < 1.29 is 5.11 Å². The van der Waals surface area contributed by atoms with Crippen LogP contribution in [0.15, 0.2) is 24.3 Å². The molecule has 2 rings (SSSR count). The van der Waals surface area contributed by atoms with Crippen LogP contribution in [-0.4, -0.2) is 47.3 Å². The monoisotopic (exact) mass is 348 g/mol. The molecular weight excluding hydrogens is 327 g/mol. The number of benzene rings is 1. The van der Waals surface area contributed by atoms with Crippen molar-refractivity contribution in [3.05, 3.63) is 34.9 Å². The molecule has 0 aromatic heterocycles. The molecule has 1 fully saturated rings. The molecule has 0 saturated carbocycles. The van der Waals surface area contributed by atoms with Gasteiger partial charge in [0.15, 0.2) is 0 Å². The lowest BCUT2D eigenvalue weighted by Crippen LogP contribution is -2.58. The minimum atomic E-state index is -0.618. The maximum atomic E-state index is 10.8. The predicted molar refractivity (Wildman–Crippen MR) is 92.1 cm³/mol. The van der Waals surface area contributed by atoms with Crippen LogP contribution in [0, 0.1) is 5.92 Å². The van der Waals surface area contributed by atoms with Gasteiger partial charge in [0.1, 0.15) is 0 Å². The highest BCUT2D eigenvalue weighted by Gasteiger charge is 2.41. The molecule has 1 saturated heterocycles. The Morgan fingerprint density at radius 2 is 1.95 bits per heavy atom. The van der Waals surface area contributed by atoms with E-state index in [1.165, 1.54) is 0 Å². The molecule has 2 N–H and O–H groups in total. The molecule has 1 heterocycles. The summed E-state index contributed by atoms with van der Waals surface area (Å²) in [4.78, 5) is 2.08. The number of nitrogens with zero attached hydrogens (tertiary/aromatic N) is 1. The number of rotatable bonds is 4. The molecule has 0 bridgehead atoms. The van der Waals surface area contributed by atoms with Gasteiger partial charge in [-0.05, 0) is 44.5 Å². The van der Waals surface area contributed by atoms with Crippen molar-refractivity contribution >= 4 is 35.0 Å². The standard InChI is InChI=1S/C15H22Cl2N2OS/c1-19(2)15-13(11(17)8-12(18-15)21-3)14(20)9-4-6-10(16)7-5-9/h4-7,11-15,18,20H,8H2,1-3H3. The van der Waals surface area contributed by atoms with Gasteiger partial charge in [0, 0.05) is 16.3 Å². The van der Waals surface area contributed by atoms with E-state index in [2.05, 4.69) is 16.5 Å². The highest BCUT2D eigenvalue weighted by atomic mass is 35.5. The minimum Gasteiger partial charge on any atom is -0.388 e. The van der Waals surface area contributed by atoms with Gasteiger partial charge in [-0.2, -0.15) is 0 Å². The third kappa shape index (κ3) is 4.06. The molecule has 118 valence electrons.